The van der Waals surface area contributed by atoms with Gasteiger partial charge in [-0.2, -0.15) is 0 Å². The maximum absolute atomic E-state index is 13.2. The van der Waals surface area contributed by atoms with Crippen molar-refractivity contribution in [2.75, 3.05) is 17.8 Å². The first-order valence-corrected chi connectivity index (χ1v) is 13.1. The molecule has 0 aliphatic carbocycles. The Hall–Kier alpha value is -3.17. The molecule has 4 aromatic rings. The molecule has 0 atom stereocenters. The van der Waals surface area contributed by atoms with Crippen LogP contribution in [0.2, 0.25) is 0 Å². The molecule has 0 aliphatic heterocycles. The van der Waals surface area contributed by atoms with Crippen LogP contribution in [0.4, 0.5) is 5.13 Å². The number of rotatable bonds is 10. The summed E-state index contributed by atoms with van der Waals surface area (Å²) in [5, 5.41) is 0.517. The summed E-state index contributed by atoms with van der Waals surface area (Å²) in [5.74, 6) is 0.948. The van der Waals surface area contributed by atoms with Crippen molar-refractivity contribution < 1.29 is 22.4 Å². The van der Waals surface area contributed by atoms with Crippen molar-refractivity contribution in [3.05, 3.63) is 78.3 Å². The summed E-state index contributed by atoms with van der Waals surface area (Å²) in [6, 6.07) is 18.2. The van der Waals surface area contributed by atoms with E-state index in [0.717, 1.165) is 10.3 Å². The molecule has 9 heteroatoms. The van der Waals surface area contributed by atoms with Crippen LogP contribution in [-0.4, -0.2) is 32.2 Å². The average Bonchev–Trinajstić information content (AvgIpc) is 3.47. The lowest BCUT2D eigenvalue weighted by molar-refractivity contribution is -0.118. The van der Waals surface area contributed by atoms with Crippen LogP contribution < -0.4 is 9.64 Å². The summed E-state index contributed by atoms with van der Waals surface area (Å²) in [4.78, 5) is 19.4. The lowest BCUT2D eigenvalue weighted by Crippen LogP contribution is -2.30. The second-order valence-corrected chi connectivity index (χ2v) is 10.7. The molecule has 0 N–H and O–H groups in total. The van der Waals surface area contributed by atoms with Gasteiger partial charge in [0.05, 0.1) is 36.1 Å². The van der Waals surface area contributed by atoms with E-state index in [9.17, 15) is 13.2 Å². The number of amides is 1. The molecule has 0 bridgehead atoms. The Morgan fingerprint density at radius 2 is 1.91 bits per heavy atom. The Labute approximate surface area is 196 Å². The largest absolute Gasteiger partial charge is 0.494 e. The van der Waals surface area contributed by atoms with Gasteiger partial charge in [0.15, 0.2) is 15.0 Å². The van der Waals surface area contributed by atoms with Crippen LogP contribution >= 0.6 is 11.3 Å². The standard InChI is InChI=1S/C24H24N2O5S2/c1-30-20-11-5-12-21-23(20)25-24(32-21)26(16-19-10-6-14-31-19)22(27)13-7-15-33(28,29)17-18-8-3-2-4-9-18/h2-6,8-12,14H,7,13,15-17H2,1H3. The summed E-state index contributed by atoms with van der Waals surface area (Å²) < 4.78 is 36.7. The fourth-order valence-electron chi connectivity index (χ4n) is 3.49. The Balaban J connectivity index is 1.48. The molecule has 0 saturated carbocycles. The van der Waals surface area contributed by atoms with Gasteiger partial charge in [0.2, 0.25) is 5.91 Å². The molecule has 0 fully saturated rings. The second kappa shape index (κ2) is 10.2. The van der Waals surface area contributed by atoms with E-state index in [4.69, 9.17) is 9.15 Å². The minimum Gasteiger partial charge on any atom is -0.494 e. The Kier molecular flexibility index (Phi) is 7.10. The molecule has 172 valence electrons. The van der Waals surface area contributed by atoms with E-state index in [1.165, 1.54) is 11.3 Å². The molecule has 1 amide bonds. The number of aromatic nitrogens is 1. The minimum atomic E-state index is -3.32. The zero-order chi connectivity index (χ0) is 23.3. The number of furan rings is 1. The highest BCUT2D eigenvalue weighted by molar-refractivity contribution is 7.90. The van der Waals surface area contributed by atoms with E-state index < -0.39 is 9.84 Å². The first-order chi connectivity index (χ1) is 15.9. The van der Waals surface area contributed by atoms with Gasteiger partial charge in [-0.15, -0.1) is 0 Å². The number of fused-ring (bicyclic) bond motifs is 1. The van der Waals surface area contributed by atoms with Gasteiger partial charge in [-0.1, -0.05) is 47.7 Å². The van der Waals surface area contributed by atoms with Crippen LogP contribution in [0.5, 0.6) is 5.75 Å². The van der Waals surface area contributed by atoms with E-state index in [0.29, 0.717) is 22.2 Å². The van der Waals surface area contributed by atoms with Gasteiger partial charge in [0.1, 0.15) is 17.0 Å². The Bertz CT molecular complexity index is 1320. The van der Waals surface area contributed by atoms with Crippen LogP contribution in [0.15, 0.2) is 71.3 Å². The predicted octanol–water partition coefficient (Wildman–Crippen LogP) is 4.83. The van der Waals surface area contributed by atoms with Crippen molar-refractivity contribution in [2.45, 2.75) is 25.1 Å². The van der Waals surface area contributed by atoms with Gasteiger partial charge in [0.25, 0.3) is 0 Å². The van der Waals surface area contributed by atoms with Crippen LogP contribution in [0.1, 0.15) is 24.2 Å². The number of nitrogens with zero attached hydrogens (tertiary/aromatic N) is 2. The molecular weight excluding hydrogens is 460 g/mol. The predicted molar refractivity (Wildman–Crippen MR) is 129 cm³/mol. The number of sulfone groups is 1. The molecule has 2 aromatic carbocycles. The van der Waals surface area contributed by atoms with Gasteiger partial charge in [-0.3, -0.25) is 9.69 Å². The molecule has 0 aliphatic rings. The number of thiazole rings is 1. The Morgan fingerprint density at radius 1 is 1.09 bits per heavy atom. The van der Waals surface area contributed by atoms with E-state index >= 15 is 0 Å². The van der Waals surface area contributed by atoms with Gasteiger partial charge in [-0.25, -0.2) is 13.4 Å². The lowest BCUT2D eigenvalue weighted by atomic mass is 10.2. The monoisotopic (exact) mass is 484 g/mol. The van der Waals surface area contributed by atoms with E-state index in [1.54, 1.807) is 42.5 Å². The molecule has 7 nitrogen and oxygen atoms in total. The van der Waals surface area contributed by atoms with Gasteiger partial charge in [-0.05, 0) is 36.2 Å². The van der Waals surface area contributed by atoms with E-state index in [-0.39, 0.29) is 36.8 Å². The van der Waals surface area contributed by atoms with Crippen LogP contribution in [0.25, 0.3) is 10.2 Å². The van der Waals surface area contributed by atoms with Crippen molar-refractivity contribution in [1.82, 2.24) is 4.98 Å². The molecule has 0 radical (unpaired) electrons. The van der Waals surface area contributed by atoms with Crippen LogP contribution in [0, 0.1) is 0 Å². The molecule has 0 unspecified atom stereocenters. The van der Waals surface area contributed by atoms with Gasteiger partial charge >= 0.3 is 0 Å². The minimum absolute atomic E-state index is 0.0319. The van der Waals surface area contributed by atoms with Crippen molar-refractivity contribution in [2.24, 2.45) is 0 Å². The van der Waals surface area contributed by atoms with Gasteiger partial charge in [0, 0.05) is 6.42 Å². The smallest absolute Gasteiger partial charge is 0.229 e. The molecule has 33 heavy (non-hydrogen) atoms. The number of carbonyl (C=O) groups excluding carboxylic acids is 1. The number of hydrogen-bond donors (Lipinski definition) is 0. The fraction of sp³-hybridized carbons (Fsp3) is 0.250. The highest BCUT2D eigenvalue weighted by atomic mass is 32.2. The first kappa shape index (κ1) is 23.0. The average molecular weight is 485 g/mol. The third kappa shape index (κ3) is 5.80. The summed E-state index contributed by atoms with van der Waals surface area (Å²) in [6.45, 7) is 0.213. The number of ether oxygens (including phenoxy) is 1. The lowest BCUT2D eigenvalue weighted by Gasteiger charge is -2.18. The van der Waals surface area contributed by atoms with E-state index in [2.05, 4.69) is 4.98 Å². The maximum Gasteiger partial charge on any atom is 0.229 e. The SMILES string of the molecule is COc1cccc2sc(N(Cc3ccco3)C(=O)CCCS(=O)(=O)Cc3ccccc3)nc12. The summed E-state index contributed by atoms with van der Waals surface area (Å²) in [6.07, 6.45) is 1.87. The highest BCUT2D eigenvalue weighted by Gasteiger charge is 2.23. The van der Waals surface area contributed by atoms with E-state index in [1.807, 2.05) is 36.4 Å². The maximum atomic E-state index is 13.2. The first-order valence-electron chi connectivity index (χ1n) is 10.5. The molecular formula is C24H24N2O5S2. The quantitative estimate of drug-likeness (QED) is 0.320. The molecule has 0 saturated heterocycles. The topological polar surface area (TPSA) is 89.7 Å². The number of carbonyl (C=O) groups is 1. The third-order valence-corrected chi connectivity index (χ3v) is 7.82. The Morgan fingerprint density at radius 3 is 2.64 bits per heavy atom. The number of benzene rings is 2. The van der Waals surface area contributed by atoms with Crippen molar-refractivity contribution in [1.29, 1.82) is 0 Å². The summed E-state index contributed by atoms with van der Waals surface area (Å²) in [5.41, 5.74) is 1.43. The fourth-order valence-corrected chi connectivity index (χ4v) is 5.92. The highest BCUT2D eigenvalue weighted by Crippen LogP contribution is 2.35. The second-order valence-electron chi connectivity index (χ2n) is 7.54. The number of methoxy groups -OCH3 is 1. The van der Waals surface area contributed by atoms with Gasteiger partial charge < -0.3 is 9.15 Å². The summed E-state index contributed by atoms with van der Waals surface area (Å²) >= 11 is 1.38. The molecule has 4 rings (SSSR count). The molecule has 2 aromatic heterocycles. The van der Waals surface area contributed by atoms with Crippen molar-refractivity contribution in [3.8, 4) is 5.75 Å². The van der Waals surface area contributed by atoms with Crippen molar-refractivity contribution in [3.63, 3.8) is 0 Å². The van der Waals surface area contributed by atoms with Crippen LogP contribution in [0.3, 0.4) is 0 Å². The normalized spacial score (nSPS) is 11.5. The zero-order valence-electron chi connectivity index (χ0n) is 18.1. The molecule has 0 spiro atoms. The third-order valence-electron chi connectivity index (χ3n) is 5.09. The summed E-state index contributed by atoms with van der Waals surface area (Å²) in [7, 11) is -1.74. The number of anilines is 1. The van der Waals surface area contributed by atoms with Crippen molar-refractivity contribution >= 4 is 42.4 Å². The van der Waals surface area contributed by atoms with Crippen LogP contribution in [-0.2, 0) is 26.9 Å². The number of hydrogen-bond acceptors (Lipinski definition) is 7. The molecule has 2 heterocycles. The zero-order valence-corrected chi connectivity index (χ0v) is 19.8. The number of para-hydroxylation sites is 1.